The minimum Gasteiger partial charge on any atom is -0.392 e. The van der Waals surface area contributed by atoms with Crippen molar-refractivity contribution in [2.75, 3.05) is 27.2 Å². The molecule has 0 saturated heterocycles. The molecule has 2 aromatic carbocycles. The average molecular weight is 340 g/mol. The number of carbonyl (C=O) groups is 1. The molecule has 0 atom stereocenters. The Balaban J connectivity index is 2.28. The van der Waals surface area contributed by atoms with Crippen molar-refractivity contribution in [2.45, 2.75) is 27.0 Å². The SMILES string of the molecule is CCN(CC)C(=O)c1ccc(-c2ccc(CN(C)C)cc2CO)cc1. The van der Waals surface area contributed by atoms with Crippen molar-refractivity contribution in [1.82, 2.24) is 9.80 Å². The summed E-state index contributed by atoms with van der Waals surface area (Å²) in [5.74, 6) is 0.0558. The molecule has 2 rings (SSSR count). The predicted molar refractivity (Wildman–Crippen MR) is 102 cm³/mol. The van der Waals surface area contributed by atoms with Gasteiger partial charge in [0.2, 0.25) is 0 Å². The summed E-state index contributed by atoms with van der Waals surface area (Å²) >= 11 is 0. The van der Waals surface area contributed by atoms with E-state index in [-0.39, 0.29) is 12.5 Å². The molecule has 0 spiro atoms. The smallest absolute Gasteiger partial charge is 0.253 e. The number of carbonyl (C=O) groups excluding carboxylic acids is 1. The van der Waals surface area contributed by atoms with Gasteiger partial charge in [0.1, 0.15) is 0 Å². The van der Waals surface area contributed by atoms with Crippen LogP contribution in [0.3, 0.4) is 0 Å². The molecule has 0 saturated carbocycles. The Labute approximate surface area is 150 Å². The monoisotopic (exact) mass is 340 g/mol. The van der Waals surface area contributed by atoms with E-state index in [9.17, 15) is 9.90 Å². The Hall–Kier alpha value is -2.17. The van der Waals surface area contributed by atoms with Gasteiger partial charge < -0.3 is 14.9 Å². The van der Waals surface area contributed by atoms with E-state index in [1.54, 1.807) is 0 Å². The molecule has 134 valence electrons. The van der Waals surface area contributed by atoms with Crippen LogP contribution in [0.4, 0.5) is 0 Å². The molecule has 0 unspecified atom stereocenters. The van der Waals surface area contributed by atoms with E-state index in [1.807, 2.05) is 69.2 Å². The van der Waals surface area contributed by atoms with Crippen LogP contribution >= 0.6 is 0 Å². The molecule has 1 amide bonds. The Morgan fingerprint density at radius 3 is 2.16 bits per heavy atom. The highest BCUT2D eigenvalue weighted by Gasteiger charge is 2.13. The maximum absolute atomic E-state index is 12.4. The van der Waals surface area contributed by atoms with Crippen molar-refractivity contribution in [2.24, 2.45) is 0 Å². The molecule has 1 N–H and O–H groups in total. The second kappa shape index (κ2) is 8.79. The van der Waals surface area contributed by atoms with E-state index >= 15 is 0 Å². The van der Waals surface area contributed by atoms with Gasteiger partial charge in [-0.15, -0.1) is 0 Å². The maximum Gasteiger partial charge on any atom is 0.253 e. The minimum atomic E-state index is -0.00324. The third-order valence-corrected chi connectivity index (χ3v) is 4.33. The summed E-state index contributed by atoms with van der Waals surface area (Å²) in [5.41, 5.74) is 4.79. The maximum atomic E-state index is 12.4. The second-order valence-corrected chi connectivity index (χ2v) is 6.44. The highest BCUT2D eigenvalue weighted by atomic mass is 16.3. The lowest BCUT2D eigenvalue weighted by molar-refractivity contribution is 0.0773. The Bertz CT molecular complexity index is 704. The summed E-state index contributed by atoms with van der Waals surface area (Å²) in [6.07, 6.45) is 0. The van der Waals surface area contributed by atoms with E-state index in [0.29, 0.717) is 18.7 Å². The first-order valence-electron chi connectivity index (χ1n) is 8.77. The summed E-state index contributed by atoms with van der Waals surface area (Å²) in [4.78, 5) is 16.3. The van der Waals surface area contributed by atoms with Crippen LogP contribution in [0.2, 0.25) is 0 Å². The van der Waals surface area contributed by atoms with Crippen molar-refractivity contribution >= 4 is 5.91 Å². The molecule has 4 nitrogen and oxygen atoms in total. The Kier molecular flexibility index (Phi) is 6.73. The van der Waals surface area contributed by atoms with Gasteiger partial charge >= 0.3 is 0 Å². The number of aliphatic hydroxyl groups excluding tert-OH is 1. The second-order valence-electron chi connectivity index (χ2n) is 6.44. The van der Waals surface area contributed by atoms with Crippen molar-refractivity contribution in [3.05, 3.63) is 59.2 Å². The lowest BCUT2D eigenvalue weighted by Crippen LogP contribution is -2.30. The number of aliphatic hydroxyl groups is 1. The lowest BCUT2D eigenvalue weighted by atomic mass is 9.96. The number of hydrogen-bond donors (Lipinski definition) is 1. The topological polar surface area (TPSA) is 43.8 Å². The van der Waals surface area contributed by atoms with Crippen LogP contribution in [-0.2, 0) is 13.2 Å². The first-order chi connectivity index (χ1) is 12.0. The largest absolute Gasteiger partial charge is 0.392 e. The van der Waals surface area contributed by atoms with Crippen molar-refractivity contribution in [3.8, 4) is 11.1 Å². The van der Waals surface area contributed by atoms with Gasteiger partial charge in [-0.2, -0.15) is 0 Å². The van der Waals surface area contributed by atoms with E-state index in [1.165, 1.54) is 5.56 Å². The summed E-state index contributed by atoms with van der Waals surface area (Å²) < 4.78 is 0. The average Bonchev–Trinajstić information content (AvgIpc) is 2.62. The third kappa shape index (κ3) is 4.68. The van der Waals surface area contributed by atoms with Crippen LogP contribution in [-0.4, -0.2) is 48.0 Å². The molecule has 0 aliphatic carbocycles. The third-order valence-electron chi connectivity index (χ3n) is 4.33. The zero-order valence-electron chi connectivity index (χ0n) is 15.6. The van der Waals surface area contributed by atoms with Crippen LogP contribution < -0.4 is 0 Å². The summed E-state index contributed by atoms with van der Waals surface area (Å²) in [6, 6.07) is 13.8. The first kappa shape index (κ1) is 19.2. The van der Waals surface area contributed by atoms with Gasteiger partial charge in [-0.25, -0.2) is 0 Å². The van der Waals surface area contributed by atoms with E-state index < -0.39 is 0 Å². The minimum absolute atomic E-state index is 0.00324. The summed E-state index contributed by atoms with van der Waals surface area (Å²) in [5, 5.41) is 9.74. The van der Waals surface area contributed by atoms with E-state index in [0.717, 1.165) is 23.2 Å². The number of nitrogens with zero attached hydrogens (tertiary/aromatic N) is 2. The molecular formula is C21H28N2O2. The van der Waals surface area contributed by atoms with Gasteiger partial charge in [0.15, 0.2) is 0 Å². The number of benzene rings is 2. The molecule has 0 heterocycles. The molecular weight excluding hydrogens is 312 g/mol. The standard InChI is InChI=1S/C21H28N2O2/c1-5-23(6-2)21(25)18-10-8-17(9-11-18)20-12-7-16(14-22(3)4)13-19(20)15-24/h7-13,24H,5-6,14-15H2,1-4H3. The first-order valence-corrected chi connectivity index (χ1v) is 8.77. The zero-order valence-corrected chi connectivity index (χ0v) is 15.6. The van der Waals surface area contributed by atoms with Gasteiger partial charge in [0.05, 0.1) is 6.61 Å². The van der Waals surface area contributed by atoms with Gasteiger partial charge in [-0.1, -0.05) is 30.3 Å². The fourth-order valence-corrected chi connectivity index (χ4v) is 3.01. The van der Waals surface area contributed by atoms with Crippen LogP contribution in [0.15, 0.2) is 42.5 Å². The quantitative estimate of drug-likeness (QED) is 0.840. The van der Waals surface area contributed by atoms with Crippen LogP contribution in [0, 0.1) is 0 Å². The van der Waals surface area contributed by atoms with Crippen LogP contribution in [0.25, 0.3) is 11.1 Å². The predicted octanol–water partition coefficient (Wildman–Crippen LogP) is 3.39. The molecule has 0 aliphatic rings. The van der Waals surface area contributed by atoms with Crippen molar-refractivity contribution < 1.29 is 9.90 Å². The van der Waals surface area contributed by atoms with Gasteiger partial charge in [-0.05, 0) is 62.3 Å². The molecule has 0 fully saturated rings. The normalized spacial score (nSPS) is 11.0. The van der Waals surface area contributed by atoms with Gasteiger partial charge in [0.25, 0.3) is 5.91 Å². The highest BCUT2D eigenvalue weighted by Crippen LogP contribution is 2.26. The molecule has 0 aliphatic heterocycles. The fraction of sp³-hybridized carbons (Fsp3) is 0.381. The molecule has 2 aromatic rings. The Morgan fingerprint density at radius 1 is 1.00 bits per heavy atom. The number of rotatable bonds is 7. The molecule has 4 heteroatoms. The highest BCUT2D eigenvalue weighted by molar-refractivity contribution is 5.94. The van der Waals surface area contributed by atoms with Crippen LogP contribution in [0.5, 0.6) is 0 Å². The van der Waals surface area contributed by atoms with E-state index in [4.69, 9.17) is 0 Å². The number of hydrogen-bond acceptors (Lipinski definition) is 3. The summed E-state index contributed by atoms with van der Waals surface area (Å²) in [7, 11) is 4.05. The van der Waals surface area contributed by atoms with Gasteiger partial charge in [0, 0.05) is 25.2 Å². The van der Waals surface area contributed by atoms with Crippen LogP contribution in [0.1, 0.15) is 35.3 Å². The van der Waals surface area contributed by atoms with Crippen molar-refractivity contribution in [3.63, 3.8) is 0 Å². The molecule has 0 aromatic heterocycles. The number of amides is 1. The lowest BCUT2D eigenvalue weighted by Gasteiger charge is -2.19. The van der Waals surface area contributed by atoms with E-state index in [2.05, 4.69) is 11.0 Å². The molecule has 0 bridgehead atoms. The molecule has 25 heavy (non-hydrogen) atoms. The van der Waals surface area contributed by atoms with Gasteiger partial charge in [-0.3, -0.25) is 4.79 Å². The van der Waals surface area contributed by atoms with Crippen molar-refractivity contribution in [1.29, 1.82) is 0 Å². The fourth-order valence-electron chi connectivity index (χ4n) is 3.01. The Morgan fingerprint density at radius 2 is 1.64 bits per heavy atom. The summed E-state index contributed by atoms with van der Waals surface area (Å²) in [6.45, 7) is 6.22. The molecule has 0 radical (unpaired) electrons. The zero-order chi connectivity index (χ0) is 18.4.